The predicted molar refractivity (Wildman–Crippen MR) is 91.3 cm³/mol. The number of hydrogen-bond donors (Lipinski definition) is 2. The number of nitrogens with zero attached hydrogens (tertiary/aromatic N) is 2. The Balaban J connectivity index is 1.85. The van der Waals surface area contributed by atoms with E-state index in [1.165, 1.54) is 0 Å². The molecule has 1 heterocycles. The highest BCUT2D eigenvalue weighted by Gasteiger charge is 2.42. The second kappa shape index (κ2) is 8.18. The van der Waals surface area contributed by atoms with Gasteiger partial charge in [-0.25, -0.2) is 4.98 Å². The summed E-state index contributed by atoms with van der Waals surface area (Å²) in [5.41, 5.74) is 0.920. The molecule has 136 valence electrons. The van der Waals surface area contributed by atoms with Crippen molar-refractivity contribution in [1.82, 2.24) is 15.6 Å². The van der Waals surface area contributed by atoms with Gasteiger partial charge in [-0.15, -0.1) is 11.3 Å². The molecule has 0 saturated heterocycles. The summed E-state index contributed by atoms with van der Waals surface area (Å²) in [6.45, 7) is 4.70. The van der Waals surface area contributed by atoms with Crippen molar-refractivity contribution in [3.8, 4) is 0 Å². The van der Waals surface area contributed by atoms with Gasteiger partial charge in [0.05, 0.1) is 23.2 Å². The third kappa shape index (κ3) is 5.36. The molecule has 0 aliphatic heterocycles. The number of guanidine groups is 1. The molecule has 0 amide bonds. The van der Waals surface area contributed by atoms with Crippen molar-refractivity contribution in [1.29, 1.82) is 0 Å². The Morgan fingerprint density at radius 2 is 2.17 bits per heavy atom. The van der Waals surface area contributed by atoms with E-state index >= 15 is 0 Å². The van der Waals surface area contributed by atoms with Crippen molar-refractivity contribution < 1.29 is 13.2 Å². The lowest BCUT2D eigenvalue weighted by molar-refractivity contribution is -0.183. The maximum Gasteiger partial charge on any atom is 0.391 e. The molecular weight excluding hydrogens is 337 g/mol. The van der Waals surface area contributed by atoms with E-state index in [1.807, 2.05) is 5.38 Å². The summed E-state index contributed by atoms with van der Waals surface area (Å²) >= 11 is 1.62. The predicted octanol–water partition coefficient (Wildman–Crippen LogP) is 4.05. The van der Waals surface area contributed by atoms with Crippen LogP contribution in [-0.4, -0.2) is 30.2 Å². The molecule has 1 aromatic rings. The van der Waals surface area contributed by atoms with E-state index in [0.29, 0.717) is 24.8 Å². The van der Waals surface area contributed by atoms with Gasteiger partial charge in [-0.05, 0) is 19.3 Å². The second-order valence-electron chi connectivity index (χ2n) is 6.50. The van der Waals surface area contributed by atoms with Crippen molar-refractivity contribution in [3.05, 3.63) is 16.1 Å². The number of aliphatic imine (C=N–C) groups is 1. The van der Waals surface area contributed by atoms with E-state index in [4.69, 9.17) is 0 Å². The molecule has 1 aliphatic rings. The summed E-state index contributed by atoms with van der Waals surface area (Å²) in [6.07, 6.45) is -2.45. The number of aromatic nitrogens is 1. The van der Waals surface area contributed by atoms with Crippen molar-refractivity contribution >= 4 is 17.3 Å². The lowest BCUT2D eigenvalue weighted by atomic mass is 9.85. The Bertz CT molecular complexity index is 554. The van der Waals surface area contributed by atoms with Gasteiger partial charge in [0.25, 0.3) is 0 Å². The zero-order valence-corrected chi connectivity index (χ0v) is 15.1. The van der Waals surface area contributed by atoms with Crippen LogP contribution >= 0.6 is 11.3 Å². The van der Waals surface area contributed by atoms with Crippen LogP contribution in [0.25, 0.3) is 0 Å². The minimum absolute atomic E-state index is 0.110. The van der Waals surface area contributed by atoms with Gasteiger partial charge >= 0.3 is 6.18 Å². The molecule has 0 bridgehead atoms. The minimum Gasteiger partial charge on any atom is -0.354 e. The quantitative estimate of drug-likeness (QED) is 0.627. The maximum absolute atomic E-state index is 12.9. The molecule has 0 spiro atoms. The summed E-state index contributed by atoms with van der Waals surface area (Å²) in [4.78, 5) is 8.65. The van der Waals surface area contributed by atoms with E-state index in [-0.39, 0.29) is 18.9 Å². The molecule has 1 saturated carbocycles. The Morgan fingerprint density at radius 3 is 2.75 bits per heavy atom. The lowest BCUT2D eigenvalue weighted by Gasteiger charge is -2.31. The monoisotopic (exact) mass is 362 g/mol. The second-order valence-corrected chi connectivity index (χ2v) is 7.39. The van der Waals surface area contributed by atoms with Crippen molar-refractivity contribution in [2.24, 2.45) is 10.9 Å². The summed E-state index contributed by atoms with van der Waals surface area (Å²) < 4.78 is 38.7. The van der Waals surface area contributed by atoms with E-state index in [1.54, 1.807) is 18.4 Å². The average molecular weight is 362 g/mol. The molecule has 8 heteroatoms. The molecule has 1 fully saturated rings. The SMILES string of the molecule is CN=C(NCc1csc(C(C)C)n1)NC1CCCC(C(F)(F)F)C1. The fourth-order valence-corrected chi connectivity index (χ4v) is 3.68. The van der Waals surface area contributed by atoms with Crippen molar-refractivity contribution in [2.75, 3.05) is 7.05 Å². The molecule has 2 rings (SSSR count). The highest BCUT2D eigenvalue weighted by molar-refractivity contribution is 7.09. The number of alkyl halides is 3. The topological polar surface area (TPSA) is 49.3 Å². The van der Waals surface area contributed by atoms with Gasteiger partial charge in [-0.3, -0.25) is 4.99 Å². The summed E-state index contributed by atoms with van der Waals surface area (Å²) in [5.74, 6) is -0.293. The Labute approximate surface area is 145 Å². The zero-order chi connectivity index (χ0) is 17.7. The lowest BCUT2D eigenvalue weighted by Crippen LogP contribution is -2.46. The molecule has 2 N–H and O–H groups in total. The summed E-state index contributed by atoms with van der Waals surface area (Å²) in [5, 5.41) is 9.34. The molecule has 2 unspecified atom stereocenters. The number of halogens is 3. The molecule has 1 aromatic heterocycles. The highest BCUT2D eigenvalue weighted by Crippen LogP contribution is 2.37. The zero-order valence-electron chi connectivity index (χ0n) is 14.3. The van der Waals surface area contributed by atoms with Crippen LogP contribution in [0.5, 0.6) is 0 Å². The maximum atomic E-state index is 12.9. The first-order valence-electron chi connectivity index (χ1n) is 8.27. The van der Waals surface area contributed by atoms with Crippen LogP contribution in [0, 0.1) is 5.92 Å². The molecular formula is C16H25F3N4S. The largest absolute Gasteiger partial charge is 0.391 e. The summed E-state index contributed by atoms with van der Waals surface area (Å²) in [6, 6.07) is -0.196. The first-order chi connectivity index (χ1) is 11.3. The van der Waals surface area contributed by atoms with Gasteiger partial charge < -0.3 is 10.6 Å². The third-order valence-electron chi connectivity index (χ3n) is 4.20. The van der Waals surface area contributed by atoms with Gasteiger partial charge in [0, 0.05) is 24.4 Å². The molecule has 1 aliphatic carbocycles. The van der Waals surface area contributed by atoms with Crippen LogP contribution in [0.2, 0.25) is 0 Å². The number of nitrogens with one attached hydrogen (secondary N) is 2. The normalized spacial score (nSPS) is 22.7. The molecule has 2 atom stereocenters. The van der Waals surface area contributed by atoms with E-state index in [2.05, 4.69) is 34.5 Å². The van der Waals surface area contributed by atoms with Crippen LogP contribution in [0.3, 0.4) is 0 Å². The number of rotatable bonds is 4. The van der Waals surface area contributed by atoms with Gasteiger partial charge in [-0.2, -0.15) is 13.2 Å². The number of hydrogen-bond acceptors (Lipinski definition) is 3. The van der Waals surface area contributed by atoms with Gasteiger partial charge in [0.2, 0.25) is 0 Å². The Hall–Kier alpha value is -1.31. The first kappa shape index (κ1) is 19.0. The Kier molecular flexibility index (Phi) is 6.48. The van der Waals surface area contributed by atoms with Gasteiger partial charge in [-0.1, -0.05) is 20.3 Å². The van der Waals surface area contributed by atoms with Crippen LogP contribution in [-0.2, 0) is 6.54 Å². The van der Waals surface area contributed by atoms with E-state index in [0.717, 1.165) is 17.1 Å². The van der Waals surface area contributed by atoms with Crippen molar-refractivity contribution in [3.63, 3.8) is 0 Å². The van der Waals surface area contributed by atoms with Crippen LogP contribution in [0.15, 0.2) is 10.4 Å². The molecule has 4 nitrogen and oxygen atoms in total. The molecule has 0 aromatic carbocycles. The van der Waals surface area contributed by atoms with Crippen LogP contribution < -0.4 is 10.6 Å². The first-order valence-corrected chi connectivity index (χ1v) is 9.15. The average Bonchev–Trinajstić information content (AvgIpc) is 3.00. The summed E-state index contributed by atoms with van der Waals surface area (Å²) in [7, 11) is 1.62. The van der Waals surface area contributed by atoms with Crippen molar-refractivity contribution in [2.45, 2.75) is 64.2 Å². The van der Waals surface area contributed by atoms with Crippen LogP contribution in [0.1, 0.15) is 56.2 Å². The van der Waals surface area contributed by atoms with Gasteiger partial charge in [0.1, 0.15) is 0 Å². The fourth-order valence-electron chi connectivity index (χ4n) is 2.85. The van der Waals surface area contributed by atoms with Gasteiger partial charge in [0.15, 0.2) is 5.96 Å². The molecule has 0 radical (unpaired) electrons. The standard InChI is InChI=1S/C16H25F3N4S/c1-10(2)14-22-13(9-24-14)8-21-15(20-3)23-12-6-4-5-11(7-12)16(17,18)19/h9-12H,4-8H2,1-3H3,(H2,20,21,23). The number of thiazole rings is 1. The smallest absolute Gasteiger partial charge is 0.354 e. The van der Waals surface area contributed by atoms with E-state index < -0.39 is 12.1 Å². The highest BCUT2D eigenvalue weighted by atomic mass is 32.1. The Morgan fingerprint density at radius 1 is 1.42 bits per heavy atom. The van der Waals surface area contributed by atoms with Crippen LogP contribution in [0.4, 0.5) is 13.2 Å². The fraction of sp³-hybridized carbons (Fsp3) is 0.750. The minimum atomic E-state index is -4.11. The molecule has 24 heavy (non-hydrogen) atoms. The third-order valence-corrected chi connectivity index (χ3v) is 5.40. The van der Waals surface area contributed by atoms with E-state index in [9.17, 15) is 13.2 Å².